The lowest BCUT2D eigenvalue weighted by Gasteiger charge is -2.17. The van der Waals surface area contributed by atoms with Crippen molar-refractivity contribution < 1.29 is 19.5 Å². The van der Waals surface area contributed by atoms with E-state index in [0.717, 1.165) is 22.0 Å². The van der Waals surface area contributed by atoms with E-state index in [0.29, 0.717) is 9.23 Å². The molecule has 168 valence electrons. The van der Waals surface area contributed by atoms with Crippen molar-refractivity contribution in [2.75, 3.05) is 6.54 Å². The van der Waals surface area contributed by atoms with Gasteiger partial charge in [-0.25, -0.2) is 4.79 Å². The van der Waals surface area contributed by atoms with Crippen molar-refractivity contribution >= 4 is 63.1 Å². The van der Waals surface area contributed by atoms with Gasteiger partial charge in [-0.15, -0.1) is 0 Å². The summed E-state index contributed by atoms with van der Waals surface area (Å²) in [5.74, 6) is -1.83. The fourth-order valence-corrected chi connectivity index (χ4v) is 4.90. The number of nitrogens with zero attached hydrogens (tertiary/aromatic N) is 1. The molecule has 4 rings (SSSR count). The van der Waals surface area contributed by atoms with Crippen molar-refractivity contribution in [2.24, 2.45) is 0 Å². The second kappa shape index (κ2) is 10.0. The van der Waals surface area contributed by atoms with Gasteiger partial charge in [-0.3, -0.25) is 14.5 Å². The number of thioether (sulfide) groups is 1. The van der Waals surface area contributed by atoms with Gasteiger partial charge in [-0.2, -0.15) is 0 Å². The number of hydrogen-bond acceptors (Lipinski definition) is 5. The molecule has 1 aliphatic heterocycles. The van der Waals surface area contributed by atoms with Crippen LogP contribution in [0.3, 0.4) is 0 Å². The Labute approximate surface area is 199 Å². The van der Waals surface area contributed by atoms with E-state index in [-0.39, 0.29) is 25.3 Å². The number of thiocarbonyl (C=S) groups is 1. The first kappa shape index (κ1) is 22.8. The summed E-state index contributed by atoms with van der Waals surface area (Å²) in [5.41, 5.74) is 2.60. The number of carboxylic acid groups (broad SMARTS) is 1. The molecule has 9 heteroatoms. The molecule has 1 aromatic heterocycles. The van der Waals surface area contributed by atoms with E-state index >= 15 is 0 Å². The molecule has 2 heterocycles. The maximum absolute atomic E-state index is 12.7. The van der Waals surface area contributed by atoms with E-state index in [4.69, 9.17) is 12.2 Å². The SMILES string of the molecule is O=C(CCN1C(=O)C(=Cc2ccccc2)SC1=S)NC(Cc1c[nH]c2ccccc12)C(=O)O. The van der Waals surface area contributed by atoms with Crippen molar-refractivity contribution in [1.82, 2.24) is 15.2 Å². The smallest absolute Gasteiger partial charge is 0.326 e. The molecule has 2 amide bonds. The molecule has 0 bridgehead atoms. The highest BCUT2D eigenvalue weighted by molar-refractivity contribution is 8.26. The average Bonchev–Trinajstić information content (AvgIpc) is 3.33. The van der Waals surface area contributed by atoms with Gasteiger partial charge in [0, 0.05) is 36.5 Å². The van der Waals surface area contributed by atoms with E-state index in [9.17, 15) is 19.5 Å². The van der Waals surface area contributed by atoms with Crippen molar-refractivity contribution in [3.8, 4) is 0 Å². The molecule has 0 aliphatic carbocycles. The van der Waals surface area contributed by atoms with Crippen LogP contribution in [0, 0.1) is 0 Å². The predicted molar refractivity (Wildman–Crippen MR) is 133 cm³/mol. The lowest BCUT2D eigenvalue weighted by Crippen LogP contribution is -2.43. The number of carbonyl (C=O) groups excluding carboxylic acids is 2. The van der Waals surface area contributed by atoms with E-state index in [1.54, 1.807) is 12.3 Å². The molecule has 7 nitrogen and oxygen atoms in total. The van der Waals surface area contributed by atoms with Crippen LogP contribution in [0.25, 0.3) is 17.0 Å². The molecule has 1 saturated heterocycles. The molecule has 1 fully saturated rings. The van der Waals surface area contributed by atoms with Gasteiger partial charge < -0.3 is 15.4 Å². The van der Waals surface area contributed by atoms with Crippen LogP contribution in [0.4, 0.5) is 0 Å². The minimum Gasteiger partial charge on any atom is -0.480 e. The fraction of sp³-hybridized carbons (Fsp3) is 0.167. The third-order valence-electron chi connectivity index (χ3n) is 5.27. The number of aliphatic carboxylic acids is 1. The van der Waals surface area contributed by atoms with Crippen LogP contribution in [0.1, 0.15) is 17.5 Å². The van der Waals surface area contributed by atoms with Gasteiger partial charge in [-0.1, -0.05) is 72.5 Å². The molecule has 0 radical (unpaired) electrons. The van der Waals surface area contributed by atoms with Crippen LogP contribution in [0.15, 0.2) is 65.7 Å². The lowest BCUT2D eigenvalue weighted by atomic mass is 10.0. The highest BCUT2D eigenvalue weighted by atomic mass is 32.2. The molecule has 1 aliphatic rings. The average molecular weight is 480 g/mol. The molecular formula is C24H21N3O4S2. The highest BCUT2D eigenvalue weighted by Crippen LogP contribution is 2.32. The Morgan fingerprint density at radius 2 is 1.88 bits per heavy atom. The molecule has 3 N–H and O–H groups in total. The van der Waals surface area contributed by atoms with Crippen LogP contribution < -0.4 is 5.32 Å². The standard InChI is InChI=1S/C24H21N3O4S2/c28-21(26-19(23(30)31)13-16-14-25-18-9-5-4-8-17(16)18)10-11-27-22(29)20(33-24(27)32)12-15-6-2-1-3-7-15/h1-9,12,14,19,25H,10-11,13H2,(H,26,28)(H,30,31). The number of aromatic nitrogens is 1. The summed E-state index contributed by atoms with van der Waals surface area (Å²) >= 11 is 6.50. The molecule has 0 spiro atoms. The van der Waals surface area contributed by atoms with Gasteiger partial charge in [0.25, 0.3) is 5.91 Å². The molecular weight excluding hydrogens is 458 g/mol. The summed E-state index contributed by atoms with van der Waals surface area (Å²) in [6.45, 7) is 0.0854. The van der Waals surface area contributed by atoms with Crippen LogP contribution in [-0.4, -0.2) is 49.7 Å². The first-order valence-corrected chi connectivity index (χ1v) is 11.5. The Kier molecular flexibility index (Phi) is 6.90. The number of fused-ring (bicyclic) bond motifs is 1. The fourth-order valence-electron chi connectivity index (χ4n) is 3.59. The topological polar surface area (TPSA) is 103 Å². The van der Waals surface area contributed by atoms with Gasteiger partial charge in [0.05, 0.1) is 4.91 Å². The first-order chi connectivity index (χ1) is 15.9. The first-order valence-electron chi connectivity index (χ1n) is 10.3. The van der Waals surface area contributed by atoms with Crippen LogP contribution in [-0.2, 0) is 20.8 Å². The van der Waals surface area contributed by atoms with Crippen molar-refractivity contribution in [3.63, 3.8) is 0 Å². The zero-order valence-corrected chi connectivity index (χ0v) is 19.1. The quantitative estimate of drug-likeness (QED) is 0.337. The molecule has 33 heavy (non-hydrogen) atoms. The summed E-state index contributed by atoms with van der Waals surface area (Å²) in [4.78, 5) is 42.0. The van der Waals surface area contributed by atoms with Crippen molar-refractivity contribution in [2.45, 2.75) is 18.9 Å². The van der Waals surface area contributed by atoms with Gasteiger partial charge in [-0.05, 0) is 23.3 Å². The minimum atomic E-state index is -1.12. The third kappa shape index (κ3) is 5.32. The Hall–Kier alpha value is -3.43. The van der Waals surface area contributed by atoms with Crippen LogP contribution in [0.2, 0.25) is 0 Å². The van der Waals surface area contributed by atoms with E-state index in [1.165, 1.54) is 16.7 Å². The maximum atomic E-state index is 12.7. The Bertz CT molecular complexity index is 1250. The number of rotatable bonds is 8. The van der Waals surface area contributed by atoms with Gasteiger partial charge in [0.15, 0.2) is 0 Å². The number of H-pyrrole nitrogens is 1. The summed E-state index contributed by atoms with van der Waals surface area (Å²) < 4.78 is 0.378. The molecule has 0 saturated carbocycles. The summed E-state index contributed by atoms with van der Waals surface area (Å²) in [5, 5.41) is 13.1. The van der Waals surface area contributed by atoms with E-state index in [2.05, 4.69) is 10.3 Å². The number of carbonyl (C=O) groups is 3. The van der Waals surface area contributed by atoms with E-state index in [1.807, 2.05) is 54.6 Å². The highest BCUT2D eigenvalue weighted by Gasteiger charge is 2.32. The molecule has 1 unspecified atom stereocenters. The van der Waals surface area contributed by atoms with Gasteiger partial charge in [0.2, 0.25) is 5.91 Å². The zero-order valence-electron chi connectivity index (χ0n) is 17.5. The summed E-state index contributed by atoms with van der Waals surface area (Å²) in [7, 11) is 0. The molecule has 2 aromatic carbocycles. The molecule has 3 aromatic rings. The Balaban J connectivity index is 1.36. The number of amides is 2. The van der Waals surface area contributed by atoms with Gasteiger partial charge >= 0.3 is 5.97 Å². The van der Waals surface area contributed by atoms with Crippen molar-refractivity contribution in [1.29, 1.82) is 0 Å². The zero-order chi connectivity index (χ0) is 23.4. The number of aromatic amines is 1. The summed E-state index contributed by atoms with van der Waals surface area (Å²) in [6, 6.07) is 15.9. The summed E-state index contributed by atoms with van der Waals surface area (Å²) in [6.07, 6.45) is 3.61. The predicted octanol–water partition coefficient (Wildman–Crippen LogP) is 3.57. The number of nitrogens with one attached hydrogen (secondary N) is 2. The Morgan fingerprint density at radius 1 is 1.15 bits per heavy atom. The lowest BCUT2D eigenvalue weighted by molar-refractivity contribution is -0.141. The second-order valence-corrected chi connectivity index (χ2v) is 9.19. The normalized spacial score (nSPS) is 15.9. The van der Waals surface area contributed by atoms with Gasteiger partial charge in [0.1, 0.15) is 10.4 Å². The minimum absolute atomic E-state index is 0.0529. The monoisotopic (exact) mass is 479 g/mol. The second-order valence-electron chi connectivity index (χ2n) is 7.52. The number of para-hydroxylation sites is 1. The van der Waals surface area contributed by atoms with Crippen LogP contribution >= 0.6 is 24.0 Å². The maximum Gasteiger partial charge on any atom is 0.326 e. The Morgan fingerprint density at radius 3 is 2.64 bits per heavy atom. The van der Waals surface area contributed by atoms with Crippen LogP contribution in [0.5, 0.6) is 0 Å². The number of benzene rings is 2. The van der Waals surface area contributed by atoms with E-state index < -0.39 is 17.9 Å². The number of hydrogen-bond donors (Lipinski definition) is 3. The third-order valence-corrected chi connectivity index (χ3v) is 6.64. The molecule has 1 atom stereocenters. The number of carboxylic acids is 1. The van der Waals surface area contributed by atoms with Crippen molar-refractivity contribution in [3.05, 3.63) is 76.8 Å². The largest absolute Gasteiger partial charge is 0.480 e.